The lowest BCUT2D eigenvalue weighted by Crippen LogP contribution is -2.35. The summed E-state index contributed by atoms with van der Waals surface area (Å²) in [4.78, 5) is 31.7. The molecule has 0 saturated carbocycles. The fourth-order valence-corrected chi connectivity index (χ4v) is 5.29. The van der Waals surface area contributed by atoms with Gasteiger partial charge in [-0.2, -0.15) is 0 Å². The van der Waals surface area contributed by atoms with Crippen LogP contribution >= 0.6 is 11.3 Å². The Morgan fingerprint density at radius 1 is 1.13 bits per heavy atom. The highest BCUT2D eigenvalue weighted by molar-refractivity contribution is 7.07. The molecule has 1 aliphatic rings. The van der Waals surface area contributed by atoms with Gasteiger partial charge >= 0.3 is 5.97 Å². The number of fused-ring (bicyclic) bond motifs is 1. The predicted molar refractivity (Wildman–Crippen MR) is 144 cm³/mol. The summed E-state index contributed by atoms with van der Waals surface area (Å²) in [5, 5.41) is 0. The maximum absolute atomic E-state index is 13.3. The summed E-state index contributed by atoms with van der Waals surface area (Å²) in [6.07, 6.45) is 3.21. The van der Waals surface area contributed by atoms with E-state index in [4.69, 9.17) is 23.6 Å². The standard InChI is InChI=1S/C29H26N2O6S/c1-4-35-28(33)25-18(2)31-27(32)24(16-21-11-8-14-36-21)38-29(31)30-26(25)20-12-13-22(23(15-20)34-3)37-17-19-9-6-5-7-10-19/h5-16,26H,4,17H2,1-3H3/b24-16+/t26-/m1/s1. The van der Waals surface area contributed by atoms with Crippen LogP contribution in [0, 0.1) is 0 Å². The molecule has 0 N–H and O–H groups in total. The van der Waals surface area contributed by atoms with Crippen LogP contribution in [0.4, 0.5) is 0 Å². The molecule has 0 aliphatic carbocycles. The van der Waals surface area contributed by atoms with Crippen LogP contribution in [0.5, 0.6) is 11.5 Å². The Balaban J connectivity index is 1.58. The lowest BCUT2D eigenvalue weighted by atomic mass is 9.96. The van der Waals surface area contributed by atoms with Crippen molar-refractivity contribution in [1.29, 1.82) is 0 Å². The van der Waals surface area contributed by atoms with E-state index in [9.17, 15) is 9.59 Å². The predicted octanol–water partition coefficient (Wildman–Crippen LogP) is 4.09. The van der Waals surface area contributed by atoms with Crippen LogP contribution in [0.15, 0.2) is 86.7 Å². The molecule has 1 atom stereocenters. The van der Waals surface area contributed by atoms with Gasteiger partial charge in [0.1, 0.15) is 22.9 Å². The number of aromatic nitrogens is 1. The zero-order chi connectivity index (χ0) is 26.6. The van der Waals surface area contributed by atoms with Gasteiger partial charge in [-0.25, -0.2) is 9.79 Å². The maximum Gasteiger partial charge on any atom is 0.338 e. The molecule has 0 saturated heterocycles. The summed E-state index contributed by atoms with van der Waals surface area (Å²) in [6, 6.07) is 18.1. The van der Waals surface area contributed by atoms with Crippen molar-refractivity contribution in [1.82, 2.24) is 4.57 Å². The lowest BCUT2D eigenvalue weighted by molar-refractivity contribution is -0.138. The maximum atomic E-state index is 13.3. The molecule has 8 nitrogen and oxygen atoms in total. The number of rotatable bonds is 8. The third-order valence-corrected chi connectivity index (χ3v) is 7.08. The fraction of sp³-hybridized carbons (Fsp3) is 0.207. The van der Waals surface area contributed by atoms with Crippen molar-refractivity contribution < 1.29 is 23.4 Å². The average molecular weight is 531 g/mol. The van der Waals surface area contributed by atoms with Crippen molar-refractivity contribution in [2.45, 2.75) is 26.5 Å². The van der Waals surface area contributed by atoms with Gasteiger partial charge in [-0.05, 0) is 49.2 Å². The van der Waals surface area contributed by atoms with Crippen LogP contribution < -0.4 is 24.4 Å². The number of carbonyl (C=O) groups excluding carboxylic acids is 1. The molecular weight excluding hydrogens is 504 g/mol. The van der Waals surface area contributed by atoms with Gasteiger partial charge in [-0.3, -0.25) is 9.36 Å². The lowest BCUT2D eigenvalue weighted by Gasteiger charge is -2.23. The van der Waals surface area contributed by atoms with Crippen molar-refractivity contribution in [2.75, 3.05) is 13.7 Å². The number of furan rings is 1. The first kappa shape index (κ1) is 25.3. The molecule has 2 aromatic heterocycles. The number of hydrogen-bond acceptors (Lipinski definition) is 8. The van der Waals surface area contributed by atoms with E-state index in [0.29, 0.717) is 50.0 Å². The second kappa shape index (κ2) is 10.9. The van der Waals surface area contributed by atoms with Gasteiger partial charge in [0.2, 0.25) is 0 Å². The number of nitrogens with zero attached hydrogens (tertiary/aromatic N) is 2. The number of thiazole rings is 1. The second-order valence-corrected chi connectivity index (χ2v) is 9.49. The minimum Gasteiger partial charge on any atom is -0.493 e. The number of ether oxygens (including phenoxy) is 3. The minimum absolute atomic E-state index is 0.195. The molecule has 3 heterocycles. The molecule has 2 aromatic carbocycles. The van der Waals surface area contributed by atoms with E-state index in [0.717, 1.165) is 5.56 Å². The van der Waals surface area contributed by atoms with Crippen LogP contribution in [-0.2, 0) is 16.1 Å². The number of carbonyl (C=O) groups is 1. The summed E-state index contributed by atoms with van der Waals surface area (Å²) in [6.45, 7) is 4.05. The van der Waals surface area contributed by atoms with Gasteiger partial charge < -0.3 is 18.6 Å². The first-order valence-corrected chi connectivity index (χ1v) is 12.9. The fourth-order valence-electron chi connectivity index (χ4n) is 4.27. The number of methoxy groups -OCH3 is 1. The van der Waals surface area contributed by atoms with E-state index in [1.807, 2.05) is 36.4 Å². The quantitative estimate of drug-likeness (QED) is 0.319. The number of hydrogen-bond donors (Lipinski definition) is 0. The van der Waals surface area contributed by atoms with Crippen molar-refractivity contribution in [3.63, 3.8) is 0 Å². The topological polar surface area (TPSA) is 92.3 Å². The highest BCUT2D eigenvalue weighted by atomic mass is 32.1. The molecule has 1 aliphatic heterocycles. The highest BCUT2D eigenvalue weighted by Crippen LogP contribution is 2.37. The molecule has 38 heavy (non-hydrogen) atoms. The molecule has 0 spiro atoms. The largest absolute Gasteiger partial charge is 0.493 e. The first-order valence-electron chi connectivity index (χ1n) is 12.1. The Morgan fingerprint density at radius 2 is 1.95 bits per heavy atom. The van der Waals surface area contributed by atoms with Gasteiger partial charge in [0, 0.05) is 11.8 Å². The molecule has 0 radical (unpaired) electrons. The molecule has 0 fully saturated rings. The van der Waals surface area contributed by atoms with E-state index in [1.54, 1.807) is 57.6 Å². The van der Waals surface area contributed by atoms with Crippen molar-refractivity contribution >= 4 is 29.1 Å². The summed E-state index contributed by atoms with van der Waals surface area (Å²) < 4.78 is 24.3. The average Bonchev–Trinajstić information content (AvgIpc) is 3.55. The summed E-state index contributed by atoms with van der Waals surface area (Å²) in [5.41, 5.74) is 2.23. The molecule has 194 valence electrons. The highest BCUT2D eigenvalue weighted by Gasteiger charge is 2.32. The van der Waals surface area contributed by atoms with Crippen LogP contribution in [0.25, 0.3) is 11.8 Å². The molecule has 4 aromatic rings. The van der Waals surface area contributed by atoms with Crippen LogP contribution in [0.2, 0.25) is 0 Å². The van der Waals surface area contributed by atoms with E-state index in [1.165, 1.54) is 15.9 Å². The van der Waals surface area contributed by atoms with E-state index in [-0.39, 0.29) is 12.2 Å². The Kier molecular flexibility index (Phi) is 7.28. The first-order chi connectivity index (χ1) is 18.5. The zero-order valence-electron chi connectivity index (χ0n) is 21.2. The third kappa shape index (κ3) is 4.92. The van der Waals surface area contributed by atoms with Crippen LogP contribution in [-0.4, -0.2) is 24.3 Å². The summed E-state index contributed by atoms with van der Waals surface area (Å²) >= 11 is 1.23. The molecule has 5 rings (SSSR count). The molecule has 0 unspecified atom stereocenters. The zero-order valence-corrected chi connectivity index (χ0v) is 22.0. The summed E-state index contributed by atoms with van der Waals surface area (Å²) in [7, 11) is 1.56. The second-order valence-electron chi connectivity index (χ2n) is 8.48. The Bertz CT molecular complexity index is 1670. The van der Waals surface area contributed by atoms with E-state index >= 15 is 0 Å². The third-order valence-electron chi connectivity index (χ3n) is 6.10. The monoisotopic (exact) mass is 530 g/mol. The van der Waals surface area contributed by atoms with Gasteiger partial charge in [-0.15, -0.1) is 0 Å². The molecule has 0 amide bonds. The van der Waals surface area contributed by atoms with Crippen LogP contribution in [0.1, 0.15) is 36.8 Å². The van der Waals surface area contributed by atoms with Gasteiger partial charge in [0.15, 0.2) is 16.3 Å². The van der Waals surface area contributed by atoms with Crippen LogP contribution in [0.3, 0.4) is 0 Å². The summed E-state index contributed by atoms with van der Waals surface area (Å²) in [5.74, 6) is 1.11. The van der Waals surface area contributed by atoms with E-state index in [2.05, 4.69) is 0 Å². The van der Waals surface area contributed by atoms with Crippen molar-refractivity contribution in [3.8, 4) is 11.5 Å². The number of benzene rings is 2. The van der Waals surface area contributed by atoms with Gasteiger partial charge in [0.25, 0.3) is 5.56 Å². The molecular formula is C29H26N2O6S. The molecule has 9 heteroatoms. The van der Waals surface area contributed by atoms with E-state index < -0.39 is 12.0 Å². The van der Waals surface area contributed by atoms with Gasteiger partial charge in [0.05, 0.1) is 25.6 Å². The number of allylic oxidation sites excluding steroid dienone is 1. The Hall–Kier alpha value is -4.37. The molecule has 0 bridgehead atoms. The Labute approximate surface area is 222 Å². The van der Waals surface area contributed by atoms with Crippen molar-refractivity contribution in [3.05, 3.63) is 109 Å². The van der Waals surface area contributed by atoms with Crippen molar-refractivity contribution in [2.24, 2.45) is 4.99 Å². The normalized spacial score (nSPS) is 15.1. The Morgan fingerprint density at radius 3 is 2.66 bits per heavy atom. The smallest absolute Gasteiger partial charge is 0.338 e. The minimum atomic E-state index is -0.694. The van der Waals surface area contributed by atoms with Gasteiger partial charge in [-0.1, -0.05) is 47.7 Å². The number of esters is 1. The SMILES string of the molecule is CCOC(=O)C1=C(C)n2c(s/c(=C/c3ccco3)c2=O)=N[C@@H]1c1ccc(OCc2ccccc2)c(OC)c1.